The van der Waals surface area contributed by atoms with Crippen LogP contribution in [0.5, 0.6) is 0 Å². The highest BCUT2D eigenvalue weighted by molar-refractivity contribution is 7.89. The van der Waals surface area contributed by atoms with Crippen molar-refractivity contribution < 1.29 is 27.8 Å². The van der Waals surface area contributed by atoms with E-state index in [9.17, 15) is 18.3 Å². The second-order valence-corrected chi connectivity index (χ2v) is 6.05. The quantitative estimate of drug-likeness (QED) is 0.806. The van der Waals surface area contributed by atoms with Crippen molar-refractivity contribution in [1.29, 1.82) is 0 Å². The van der Waals surface area contributed by atoms with E-state index in [2.05, 4.69) is 0 Å². The Morgan fingerprint density at radius 3 is 2.67 bits per heavy atom. The third-order valence-corrected chi connectivity index (χ3v) is 4.80. The number of carboxylic acids is 1. The monoisotopic (exact) mass is 275 g/mol. The van der Waals surface area contributed by atoms with Crippen LogP contribution in [-0.4, -0.2) is 48.1 Å². The van der Waals surface area contributed by atoms with Gasteiger partial charge in [-0.2, -0.15) is 4.31 Å². The molecule has 1 fully saturated rings. The molecule has 0 aliphatic carbocycles. The molecule has 0 saturated carbocycles. The van der Waals surface area contributed by atoms with Crippen LogP contribution in [0.4, 0.5) is 0 Å². The zero-order valence-electron chi connectivity index (χ0n) is 9.66. The molecule has 0 amide bonds. The molecule has 1 aliphatic rings. The molecular formula is C10H13NO6S. The van der Waals surface area contributed by atoms with E-state index in [1.54, 1.807) is 0 Å². The SMILES string of the molecule is Cc1oc(C(=O)O)cc1S(=O)(=O)N1CC[C@H](O)C1. The Bertz CT molecular complexity index is 575. The Labute approximate surface area is 104 Å². The molecule has 2 heterocycles. The van der Waals surface area contributed by atoms with Crippen molar-refractivity contribution in [3.8, 4) is 0 Å². The first-order chi connectivity index (χ1) is 8.32. The van der Waals surface area contributed by atoms with Gasteiger partial charge in [0, 0.05) is 19.2 Å². The molecule has 1 saturated heterocycles. The van der Waals surface area contributed by atoms with Gasteiger partial charge in [0.25, 0.3) is 0 Å². The zero-order chi connectivity index (χ0) is 13.5. The van der Waals surface area contributed by atoms with E-state index < -0.39 is 27.9 Å². The number of rotatable bonds is 3. The fourth-order valence-electron chi connectivity index (χ4n) is 1.89. The molecule has 0 spiro atoms. The highest BCUT2D eigenvalue weighted by Crippen LogP contribution is 2.26. The van der Waals surface area contributed by atoms with Crippen molar-refractivity contribution in [2.45, 2.75) is 24.3 Å². The largest absolute Gasteiger partial charge is 0.475 e. The number of hydrogen-bond acceptors (Lipinski definition) is 5. The van der Waals surface area contributed by atoms with E-state index in [-0.39, 0.29) is 23.7 Å². The minimum atomic E-state index is -3.80. The summed E-state index contributed by atoms with van der Waals surface area (Å²) in [4.78, 5) is 10.6. The number of sulfonamides is 1. The summed E-state index contributed by atoms with van der Waals surface area (Å²) >= 11 is 0. The molecule has 0 radical (unpaired) electrons. The predicted octanol–water partition coefficient (Wildman–Crippen LogP) is 0.0415. The number of hydrogen-bond donors (Lipinski definition) is 2. The molecule has 0 aromatic carbocycles. The first-order valence-corrected chi connectivity index (χ1v) is 6.78. The fraction of sp³-hybridized carbons (Fsp3) is 0.500. The van der Waals surface area contributed by atoms with Crippen LogP contribution in [0.15, 0.2) is 15.4 Å². The topological polar surface area (TPSA) is 108 Å². The summed E-state index contributed by atoms with van der Waals surface area (Å²) in [5.41, 5.74) is 0. The molecule has 7 nitrogen and oxygen atoms in total. The van der Waals surface area contributed by atoms with E-state index in [1.165, 1.54) is 6.92 Å². The van der Waals surface area contributed by atoms with Gasteiger partial charge in [0.1, 0.15) is 10.7 Å². The molecule has 8 heteroatoms. The summed E-state index contributed by atoms with van der Waals surface area (Å²) in [6, 6.07) is 0.998. The van der Waals surface area contributed by atoms with E-state index in [0.717, 1.165) is 10.4 Å². The molecule has 100 valence electrons. The van der Waals surface area contributed by atoms with Gasteiger partial charge in [-0.15, -0.1) is 0 Å². The number of aromatic carboxylic acids is 1. The van der Waals surface area contributed by atoms with Gasteiger partial charge in [-0.05, 0) is 13.3 Å². The summed E-state index contributed by atoms with van der Waals surface area (Å²) in [6.45, 7) is 1.64. The number of aliphatic hydroxyl groups excluding tert-OH is 1. The summed E-state index contributed by atoms with van der Waals surface area (Å²) < 4.78 is 30.4. The van der Waals surface area contributed by atoms with Crippen molar-refractivity contribution in [2.75, 3.05) is 13.1 Å². The Balaban J connectivity index is 2.38. The first-order valence-electron chi connectivity index (χ1n) is 5.34. The first kappa shape index (κ1) is 13.1. The average Bonchev–Trinajstić information content (AvgIpc) is 2.85. The standard InChI is InChI=1S/C10H13NO6S/c1-6-9(4-8(17-6)10(13)14)18(15,16)11-3-2-7(12)5-11/h4,7,12H,2-3,5H2,1H3,(H,13,14)/t7-/m0/s1. The molecule has 1 atom stereocenters. The van der Waals surface area contributed by atoms with Crippen molar-refractivity contribution in [1.82, 2.24) is 4.31 Å². The summed E-state index contributed by atoms with van der Waals surface area (Å²) in [5.74, 6) is -1.69. The minimum absolute atomic E-state index is 0.0232. The van der Waals surface area contributed by atoms with Crippen molar-refractivity contribution in [2.24, 2.45) is 0 Å². The minimum Gasteiger partial charge on any atom is -0.475 e. The maximum atomic E-state index is 12.2. The summed E-state index contributed by atoms with van der Waals surface area (Å²) in [5, 5.41) is 18.1. The Morgan fingerprint density at radius 2 is 2.22 bits per heavy atom. The number of aliphatic hydroxyl groups is 1. The van der Waals surface area contributed by atoms with E-state index in [4.69, 9.17) is 9.52 Å². The molecule has 0 unspecified atom stereocenters. The van der Waals surface area contributed by atoms with Crippen LogP contribution in [0, 0.1) is 6.92 Å². The van der Waals surface area contributed by atoms with Gasteiger partial charge in [-0.1, -0.05) is 0 Å². The lowest BCUT2D eigenvalue weighted by Gasteiger charge is -2.14. The van der Waals surface area contributed by atoms with Gasteiger partial charge >= 0.3 is 5.97 Å². The summed E-state index contributed by atoms with van der Waals surface area (Å²) in [7, 11) is -3.80. The molecule has 0 bridgehead atoms. The van der Waals surface area contributed by atoms with E-state index in [0.29, 0.717) is 6.42 Å². The van der Waals surface area contributed by atoms with Crippen molar-refractivity contribution in [3.63, 3.8) is 0 Å². The highest BCUT2D eigenvalue weighted by atomic mass is 32.2. The number of furan rings is 1. The van der Waals surface area contributed by atoms with Crippen LogP contribution in [0.3, 0.4) is 0 Å². The van der Waals surface area contributed by atoms with Gasteiger partial charge in [0.05, 0.1) is 6.10 Å². The Hall–Kier alpha value is -1.38. The predicted molar refractivity (Wildman–Crippen MR) is 59.8 cm³/mol. The van der Waals surface area contributed by atoms with Crippen LogP contribution in [0.25, 0.3) is 0 Å². The van der Waals surface area contributed by atoms with Gasteiger partial charge in [-0.25, -0.2) is 13.2 Å². The molecule has 1 aromatic rings. The van der Waals surface area contributed by atoms with Gasteiger partial charge in [-0.3, -0.25) is 0 Å². The molecule has 2 rings (SSSR count). The third-order valence-electron chi connectivity index (χ3n) is 2.83. The maximum Gasteiger partial charge on any atom is 0.371 e. The molecule has 1 aliphatic heterocycles. The molecular weight excluding hydrogens is 262 g/mol. The van der Waals surface area contributed by atoms with E-state index in [1.807, 2.05) is 0 Å². The Kier molecular flexibility index (Phi) is 3.18. The third kappa shape index (κ3) is 2.14. The van der Waals surface area contributed by atoms with Gasteiger partial charge < -0.3 is 14.6 Å². The highest BCUT2D eigenvalue weighted by Gasteiger charge is 2.34. The van der Waals surface area contributed by atoms with Gasteiger partial charge in [0.15, 0.2) is 0 Å². The van der Waals surface area contributed by atoms with E-state index >= 15 is 0 Å². The van der Waals surface area contributed by atoms with Crippen LogP contribution in [0.1, 0.15) is 22.7 Å². The van der Waals surface area contributed by atoms with Crippen LogP contribution in [-0.2, 0) is 10.0 Å². The number of β-amino-alcohol motifs (C(OH)–C–C–N with tert-alkyl or cyclic N) is 1. The second kappa shape index (κ2) is 4.38. The number of aryl methyl sites for hydroxylation is 1. The molecule has 18 heavy (non-hydrogen) atoms. The number of nitrogens with zero attached hydrogens (tertiary/aromatic N) is 1. The fourth-order valence-corrected chi connectivity index (χ4v) is 3.55. The number of carboxylic acid groups (broad SMARTS) is 1. The van der Waals surface area contributed by atoms with Crippen LogP contribution in [0.2, 0.25) is 0 Å². The smallest absolute Gasteiger partial charge is 0.371 e. The lowest BCUT2D eigenvalue weighted by molar-refractivity contribution is 0.0661. The maximum absolute atomic E-state index is 12.2. The number of carbonyl (C=O) groups is 1. The normalized spacial score (nSPS) is 21.3. The van der Waals surface area contributed by atoms with Gasteiger partial charge in [0.2, 0.25) is 15.8 Å². The molecule has 2 N–H and O–H groups in total. The van der Waals surface area contributed by atoms with Crippen molar-refractivity contribution >= 4 is 16.0 Å². The van der Waals surface area contributed by atoms with Crippen LogP contribution < -0.4 is 0 Å². The molecule has 1 aromatic heterocycles. The summed E-state index contributed by atoms with van der Waals surface area (Å²) in [6.07, 6.45) is -0.298. The average molecular weight is 275 g/mol. The van der Waals surface area contributed by atoms with Crippen LogP contribution >= 0.6 is 0 Å². The second-order valence-electron chi connectivity index (χ2n) is 4.14. The Morgan fingerprint density at radius 1 is 1.56 bits per heavy atom. The lowest BCUT2D eigenvalue weighted by Crippen LogP contribution is -2.29. The van der Waals surface area contributed by atoms with Crippen molar-refractivity contribution in [3.05, 3.63) is 17.6 Å². The lowest BCUT2D eigenvalue weighted by atomic mass is 10.3. The zero-order valence-corrected chi connectivity index (χ0v) is 10.5.